The molecular formula is C16H14F3NO. The molecular weight excluding hydrogens is 279 g/mol. The van der Waals surface area contributed by atoms with Crippen molar-refractivity contribution in [3.05, 3.63) is 64.7 Å². The van der Waals surface area contributed by atoms with E-state index in [4.69, 9.17) is 0 Å². The van der Waals surface area contributed by atoms with E-state index >= 15 is 0 Å². The summed E-state index contributed by atoms with van der Waals surface area (Å²) in [5, 5.41) is 9.34. The number of phenols is 1. The van der Waals surface area contributed by atoms with Crippen LogP contribution in [0.2, 0.25) is 0 Å². The summed E-state index contributed by atoms with van der Waals surface area (Å²) < 4.78 is 38.4. The fraction of sp³-hybridized carbons (Fsp3) is 0.250. The lowest BCUT2D eigenvalue weighted by Crippen LogP contribution is -2.16. The molecule has 2 nitrogen and oxygen atoms in total. The Kier molecular flexibility index (Phi) is 3.37. The van der Waals surface area contributed by atoms with Gasteiger partial charge >= 0.3 is 6.18 Å². The Morgan fingerprint density at radius 3 is 2.19 bits per heavy atom. The summed E-state index contributed by atoms with van der Waals surface area (Å²) in [6.45, 7) is 1.90. The van der Waals surface area contributed by atoms with E-state index in [1.165, 1.54) is 17.2 Å². The second-order valence-corrected chi connectivity index (χ2v) is 5.26. The SMILES string of the molecule is Oc1ccc(CN2Cc3ccccc3C2)cc1C(F)(F)F. The van der Waals surface area contributed by atoms with Crippen LogP contribution in [0.25, 0.3) is 0 Å². The Bertz CT molecular complexity index is 642. The standard InChI is InChI=1S/C16H14F3NO/c17-16(18,19)14-7-11(5-6-15(14)21)8-20-9-12-3-1-2-4-13(12)10-20/h1-7,21H,8-10H2. The minimum atomic E-state index is -4.53. The highest BCUT2D eigenvalue weighted by molar-refractivity contribution is 5.38. The second kappa shape index (κ2) is 5.07. The highest BCUT2D eigenvalue weighted by Crippen LogP contribution is 2.36. The lowest BCUT2D eigenvalue weighted by atomic mass is 10.1. The minimum absolute atomic E-state index is 0.429. The number of hydrogen-bond acceptors (Lipinski definition) is 2. The van der Waals surface area contributed by atoms with Gasteiger partial charge in [-0.15, -0.1) is 0 Å². The van der Waals surface area contributed by atoms with Crippen LogP contribution in [0, 0.1) is 0 Å². The number of nitrogens with zero attached hydrogens (tertiary/aromatic N) is 1. The third-order valence-corrected chi connectivity index (χ3v) is 3.68. The first-order valence-corrected chi connectivity index (χ1v) is 6.62. The molecule has 0 aliphatic carbocycles. The van der Waals surface area contributed by atoms with Gasteiger partial charge in [-0.3, -0.25) is 4.90 Å². The number of alkyl halides is 3. The van der Waals surface area contributed by atoms with Crippen molar-refractivity contribution >= 4 is 0 Å². The van der Waals surface area contributed by atoms with Crippen LogP contribution in [0.3, 0.4) is 0 Å². The molecule has 0 atom stereocenters. The molecule has 5 heteroatoms. The van der Waals surface area contributed by atoms with Gasteiger partial charge in [0.2, 0.25) is 0 Å². The largest absolute Gasteiger partial charge is 0.507 e. The van der Waals surface area contributed by atoms with Crippen molar-refractivity contribution in [3.8, 4) is 5.75 Å². The first-order chi connectivity index (χ1) is 9.93. The molecule has 0 fully saturated rings. The summed E-state index contributed by atoms with van der Waals surface area (Å²) in [6.07, 6.45) is -4.53. The van der Waals surface area contributed by atoms with Crippen molar-refractivity contribution in [2.45, 2.75) is 25.8 Å². The zero-order valence-electron chi connectivity index (χ0n) is 11.2. The summed E-state index contributed by atoms with van der Waals surface area (Å²) in [5.74, 6) is -0.726. The minimum Gasteiger partial charge on any atom is -0.507 e. The molecule has 0 aromatic heterocycles. The van der Waals surface area contributed by atoms with Crippen molar-refractivity contribution < 1.29 is 18.3 Å². The van der Waals surface area contributed by atoms with E-state index in [2.05, 4.69) is 4.90 Å². The maximum atomic E-state index is 12.8. The summed E-state index contributed by atoms with van der Waals surface area (Å²) in [6, 6.07) is 11.7. The van der Waals surface area contributed by atoms with E-state index in [1.54, 1.807) is 0 Å². The van der Waals surface area contributed by atoms with Gasteiger partial charge in [0.25, 0.3) is 0 Å². The normalized spacial score (nSPS) is 15.2. The molecule has 0 spiro atoms. The average Bonchev–Trinajstić information content (AvgIpc) is 2.82. The number of halogens is 3. The van der Waals surface area contributed by atoms with Gasteiger partial charge in [-0.25, -0.2) is 0 Å². The number of fused-ring (bicyclic) bond motifs is 1. The van der Waals surface area contributed by atoms with E-state index in [0.29, 0.717) is 12.1 Å². The Labute approximate surface area is 120 Å². The van der Waals surface area contributed by atoms with Crippen LogP contribution in [0.15, 0.2) is 42.5 Å². The fourth-order valence-electron chi connectivity index (χ4n) is 2.68. The van der Waals surface area contributed by atoms with Gasteiger partial charge < -0.3 is 5.11 Å². The fourth-order valence-corrected chi connectivity index (χ4v) is 2.68. The molecule has 0 radical (unpaired) electrons. The third-order valence-electron chi connectivity index (χ3n) is 3.68. The highest BCUT2D eigenvalue weighted by atomic mass is 19.4. The first-order valence-electron chi connectivity index (χ1n) is 6.62. The maximum Gasteiger partial charge on any atom is 0.419 e. The monoisotopic (exact) mass is 293 g/mol. The summed E-state index contributed by atoms with van der Waals surface area (Å²) in [4.78, 5) is 2.08. The van der Waals surface area contributed by atoms with Crippen LogP contribution >= 0.6 is 0 Å². The van der Waals surface area contributed by atoms with Crippen molar-refractivity contribution in [2.24, 2.45) is 0 Å². The van der Waals surface area contributed by atoms with Gasteiger partial charge in [0.1, 0.15) is 5.75 Å². The van der Waals surface area contributed by atoms with Crippen molar-refractivity contribution in [3.63, 3.8) is 0 Å². The maximum absolute atomic E-state index is 12.8. The van der Waals surface area contributed by atoms with E-state index in [0.717, 1.165) is 25.2 Å². The van der Waals surface area contributed by atoms with Crippen LogP contribution in [-0.4, -0.2) is 10.0 Å². The molecule has 2 aromatic rings. The van der Waals surface area contributed by atoms with Gasteiger partial charge in [0, 0.05) is 19.6 Å². The summed E-state index contributed by atoms with van der Waals surface area (Å²) >= 11 is 0. The quantitative estimate of drug-likeness (QED) is 0.907. The molecule has 1 N–H and O–H groups in total. The molecule has 0 bridgehead atoms. The number of aromatic hydroxyl groups is 1. The molecule has 3 rings (SSSR count). The molecule has 0 amide bonds. The Morgan fingerprint density at radius 2 is 1.62 bits per heavy atom. The zero-order valence-corrected chi connectivity index (χ0v) is 11.2. The topological polar surface area (TPSA) is 23.5 Å². The predicted octanol–water partition coefficient (Wildman–Crippen LogP) is 3.93. The lowest BCUT2D eigenvalue weighted by Gasteiger charge is -2.16. The van der Waals surface area contributed by atoms with Crippen LogP contribution < -0.4 is 0 Å². The molecule has 110 valence electrons. The number of phenolic OH excluding ortho intramolecular Hbond substituents is 1. The predicted molar refractivity (Wildman–Crippen MR) is 72.5 cm³/mol. The van der Waals surface area contributed by atoms with Crippen LogP contribution in [0.5, 0.6) is 5.75 Å². The number of hydrogen-bond donors (Lipinski definition) is 1. The highest BCUT2D eigenvalue weighted by Gasteiger charge is 2.34. The lowest BCUT2D eigenvalue weighted by molar-refractivity contribution is -0.138. The van der Waals surface area contributed by atoms with Crippen LogP contribution in [0.4, 0.5) is 13.2 Å². The summed E-state index contributed by atoms with van der Waals surface area (Å²) in [5.41, 5.74) is 2.00. The third kappa shape index (κ3) is 2.88. The van der Waals surface area contributed by atoms with E-state index in [1.807, 2.05) is 24.3 Å². The Morgan fingerprint density at radius 1 is 1.00 bits per heavy atom. The second-order valence-electron chi connectivity index (χ2n) is 5.26. The Hall–Kier alpha value is -2.01. The molecule has 0 saturated heterocycles. The first kappa shape index (κ1) is 13.9. The molecule has 2 aromatic carbocycles. The smallest absolute Gasteiger partial charge is 0.419 e. The van der Waals surface area contributed by atoms with Gasteiger partial charge in [0.15, 0.2) is 0 Å². The number of rotatable bonds is 2. The Balaban J connectivity index is 1.78. The van der Waals surface area contributed by atoms with Crippen molar-refractivity contribution in [2.75, 3.05) is 0 Å². The van der Waals surface area contributed by atoms with Crippen LogP contribution in [0.1, 0.15) is 22.3 Å². The van der Waals surface area contributed by atoms with E-state index in [9.17, 15) is 18.3 Å². The molecule has 1 aliphatic heterocycles. The van der Waals surface area contributed by atoms with Gasteiger partial charge in [0.05, 0.1) is 5.56 Å². The average molecular weight is 293 g/mol. The molecule has 21 heavy (non-hydrogen) atoms. The molecule has 1 aliphatic rings. The van der Waals surface area contributed by atoms with Crippen molar-refractivity contribution in [1.82, 2.24) is 4.90 Å². The van der Waals surface area contributed by atoms with E-state index in [-0.39, 0.29) is 0 Å². The molecule has 0 unspecified atom stereocenters. The van der Waals surface area contributed by atoms with Gasteiger partial charge in [-0.1, -0.05) is 30.3 Å². The summed E-state index contributed by atoms with van der Waals surface area (Å²) in [7, 11) is 0. The van der Waals surface area contributed by atoms with Gasteiger partial charge in [-0.2, -0.15) is 13.2 Å². The molecule has 0 saturated carbocycles. The van der Waals surface area contributed by atoms with Gasteiger partial charge in [-0.05, 0) is 28.8 Å². The zero-order chi connectivity index (χ0) is 15.0. The number of benzene rings is 2. The molecule has 1 heterocycles. The van der Waals surface area contributed by atoms with E-state index < -0.39 is 17.5 Å². The van der Waals surface area contributed by atoms with Crippen LogP contribution in [-0.2, 0) is 25.8 Å². The van der Waals surface area contributed by atoms with Crippen molar-refractivity contribution in [1.29, 1.82) is 0 Å².